The van der Waals surface area contributed by atoms with Crippen LogP contribution in [0.15, 0.2) is 23.3 Å². The van der Waals surface area contributed by atoms with Gasteiger partial charge in [0.05, 0.1) is 0 Å². The molecule has 0 atom stereocenters. The van der Waals surface area contributed by atoms with E-state index in [-0.39, 0.29) is 22.9 Å². The van der Waals surface area contributed by atoms with Crippen molar-refractivity contribution in [3.63, 3.8) is 0 Å². The minimum atomic E-state index is -0.209. The smallest absolute Gasteiger partial charge is 0.259 e. The first-order valence-corrected chi connectivity index (χ1v) is 7.90. The average molecular weight is 327 g/mol. The molecule has 104 valence electrons. The number of pyridine rings is 1. The molecule has 5 heteroatoms. The molecule has 1 aromatic heterocycles. The number of amides is 1. The monoisotopic (exact) mass is 326 g/mol. The maximum Gasteiger partial charge on any atom is 0.259 e. The third-order valence-corrected chi connectivity index (χ3v) is 4.01. The van der Waals surface area contributed by atoms with Crippen LogP contribution in [0.25, 0.3) is 0 Å². The molecule has 1 amide bonds. The lowest BCUT2D eigenvalue weighted by molar-refractivity contribution is 0.0649. The van der Waals surface area contributed by atoms with Crippen LogP contribution in [0, 0.1) is 0 Å². The SMILES string of the molecule is O=C(c1c[nH]ccc1=O)N(CCBr)C1CCCCC1. The second-order valence-electron chi connectivity index (χ2n) is 4.90. The third-order valence-electron chi connectivity index (χ3n) is 3.66. The highest BCUT2D eigenvalue weighted by molar-refractivity contribution is 9.09. The average Bonchev–Trinajstić information content (AvgIpc) is 2.45. The number of hydrogen-bond acceptors (Lipinski definition) is 2. The van der Waals surface area contributed by atoms with E-state index in [1.807, 2.05) is 4.90 Å². The molecule has 1 fully saturated rings. The van der Waals surface area contributed by atoms with E-state index in [2.05, 4.69) is 20.9 Å². The molecule has 1 N–H and O–H groups in total. The van der Waals surface area contributed by atoms with E-state index in [1.165, 1.54) is 31.5 Å². The van der Waals surface area contributed by atoms with Crippen LogP contribution in [0.1, 0.15) is 42.5 Å². The van der Waals surface area contributed by atoms with Gasteiger partial charge in [-0.3, -0.25) is 9.59 Å². The van der Waals surface area contributed by atoms with Crippen molar-refractivity contribution in [1.82, 2.24) is 9.88 Å². The molecule has 0 bridgehead atoms. The molecular weight excluding hydrogens is 308 g/mol. The van der Waals surface area contributed by atoms with E-state index < -0.39 is 0 Å². The molecule has 1 aromatic rings. The summed E-state index contributed by atoms with van der Waals surface area (Å²) in [6.07, 6.45) is 8.73. The number of H-pyrrole nitrogens is 1. The summed E-state index contributed by atoms with van der Waals surface area (Å²) in [5, 5.41) is 0.736. The molecule has 1 aliphatic carbocycles. The zero-order valence-corrected chi connectivity index (χ0v) is 12.5. The number of halogens is 1. The van der Waals surface area contributed by atoms with Gasteiger partial charge in [-0.1, -0.05) is 35.2 Å². The molecule has 0 radical (unpaired) electrons. The fourth-order valence-electron chi connectivity index (χ4n) is 2.67. The van der Waals surface area contributed by atoms with Gasteiger partial charge in [0.2, 0.25) is 0 Å². The lowest BCUT2D eigenvalue weighted by atomic mass is 9.94. The van der Waals surface area contributed by atoms with Crippen LogP contribution >= 0.6 is 15.9 Å². The van der Waals surface area contributed by atoms with Crippen LogP contribution in [0.4, 0.5) is 0 Å². The van der Waals surface area contributed by atoms with Crippen LogP contribution in [-0.2, 0) is 0 Å². The minimum absolute atomic E-state index is 0.145. The van der Waals surface area contributed by atoms with Gasteiger partial charge in [-0.25, -0.2) is 0 Å². The van der Waals surface area contributed by atoms with Crippen LogP contribution < -0.4 is 5.43 Å². The lowest BCUT2D eigenvalue weighted by Gasteiger charge is -2.34. The Bertz CT molecular complexity index is 480. The van der Waals surface area contributed by atoms with Gasteiger partial charge in [-0.15, -0.1) is 0 Å². The highest BCUT2D eigenvalue weighted by Crippen LogP contribution is 2.23. The van der Waals surface area contributed by atoms with Crippen molar-refractivity contribution in [2.24, 2.45) is 0 Å². The number of nitrogens with one attached hydrogen (secondary N) is 1. The largest absolute Gasteiger partial charge is 0.367 e. The Balaban J connectivity index is 2.20. The maximum absolute atomic E-state index is 12.5. The van der Waals surface area contributed by atoms with Gasteiger partial charge >= 0.3 is 0 Å². The summed E-state index contributed by atoms with van der Waals surface area (Å²) >= 11 is 3.40. The summed E-state index contributed by atoms with van der Waals surface area (Å²) in [5.41, 5.74) is 0.0353. The predicted molar refractivity (Wildman–Crippen MR) is 78.8 cm³/mol. The number of aromatic nitrogens is 1. The van der Waals surface area contributed by atoms with Crippen LogP contribution in [0.5, 0.6) is 0 Å². The van der Waals surface area contributed by atoms with Crippen molar-refractivity contribution in [1.29, 1.82) is 0 Å². The van der Waals surface area contributed by atoms with E-state index >= 15 is 0 Å². The molecule has 0 aromatic carbocycles. The molecule has 2 rings (SSSR count). The molecule has 1 saturated carbocycles. The fourth-order valence-corrected chi connectivity index (χ4v) is 3.05. The molecular formula is C14H19BrN2O2. The Morgan fingerprint density at radius 1 is 1.37 bits per heavy atom. The predicted octanol–water partition coefficient (Wildman–Crippen LogP) is 2.54. The Labute approximate surface area is 121 Å². The van der Waals surface area contributed by atoms with Crippen LogP contribution in [0.3, 0.4) is 0 Å². The van der Waals surface area contributed by atoms with E-state index in [0.717, 1.165) is 18.2 Å². The lowest BCUT2D eigenvalue weighted by Crippen LogP contribution is -2.44. The zero-order chi connectivity index (χ0) is 13.7. The van der Waals surface area contributed by atoms with Crippen LogP contribution in [0.2, 0.25) is 0 Å². The molecule has 19 heavy (non-hydrogen) atoms. The number of alkyl halides is 1. The molecule has 1 heterocycles. The molecule has 4 nitrogen and oxygen atoms in total. The molecule has 0 aliphatic heterocycles. The van der Waals surface area contributed by atoms with Crippen molar-refractivity contribution in [3.8, 4) is 0 Å². The number of rotatable bonds is 4. The molecule has 0 unspecified atom stereocenters. The first-order chi connectivity index (χ1) is 9.24. The first-order valence-electron chi connectivity index (χ1n) is 6.78. The Hall–Kier alpha value is -1.10. The summed E-state index contributed by atoms with van der Waals surface area (Å²) in [6.45, 7) is 0.651. The molecule has 0 saturated heterocycles. The number of carbonyl (C=O) groups is 1. The van der Waals surface area contributed by atoms with Gasteiger partial charge < -0.3 is 9.88 Å². The van der Waals surface area contributed by atoms with Crippen LogP contribution in [-0.4, -0.2) is 33.7 Å². The summed E-state index contributed by atoms with van der Waals surface area (Å²) in [4.78, 5) is 29.0. The third kappa shape index (κ3) is 3.47. The second-order valence-corrected chi connectivity index (χ2v) is 5.69. The van der Waals surface area contributed by atoms with E-state index in [9.17, 15) is 9.59 Å². The van der Waals surface area contributed by atoms with Gasteiger partial charge in [-0.2, -0.15) is 0 Å². The highest BCUT2D eigenvalue weighted by atomic mass is 79.9. The van der Waals surface area contributed by atoms with Crippen molar-refractivity contribution >= 4 is 21.8 Å². The maximum atomic E-state index is 12.5. The van der Waals surface area contributed by atoms with E-state index in [0.29, 0.717) is 6.54 Å². The topological polar surface area (TPSA) is 53.2 Å². The van der Waals surface area contributed by atoms with Gasteiger partial charge in [0.15, 0.2) is 5.43 Å². The van der Waals surface area contributed by atoms with Crippen molar-refractivity contribution in [3.05, 3.63) is 34.2 Å². The Morgan fingerprint density at radius 2 is 2.11 bits per heavy atom. The fraction of sp³-hybridized carbons (Fsp3) is 0.571. The summed E-state index contributed by atoms with van der Waals surface area (Å²) in [6, 6.07) is 1.68. The Kier molecular flexibility index (Phi) is 5.19. The number of aromatic amines is 1. The minimum Gasteiger partial charge on any atom is -0.367 e. The number of nitrogens with zero attached hydrogens (tertiary/aromatic N) is 1. The zero-order valence-electron chi connectivity index (χ0n) is 10.9. The normalized spacial score (nSPS) is 16.3. The second kappa shape index (κ2) is 6.89. The number of carbonyl (C=O) groups excluding carboxylic acids is 1. The quantitative estimate of drug-likeness (QED) is 0.864. The van der Waals surface area contributed by atoms with Crippen molar-refractivity contribution < 1.29 is 4.79 Å². The Morgan fingerprint density at radius 3 is 2.74 bits per heavy atom. The van der Waals surface area contributed by atoms with Crippen molar-refractivity contribution in [2.45, 2.75) is 38.1 Å². The summed E-state index contributed by atoms with van der Waals surface area (Å²) in [7, 11) is 0. The first kappa shape index (κ1) is 14.3. The molecule has 0 spiro atoms. The number of hydrogen-bond donors (Lipinski definition) is 1. The van der Waals surface area contributed by atoms with Gasteiger partial charge in [0.1, 0.15) is 5.56 Å². The highest BCUT2D eigenvalue weighted by Gasteiger charge is 2.26. The van der Waals surface area contributed by atoms with Gasteiger partial charge in [0, 0.05) is 36.4 Å². The van der Waals surface area contributed by atoms with Gasteiger partial charge in [-0.05, 0) is 12.8 Å². The standard InChI is InChI=1S/C14H19BrN2O2/c15-7-9-17(11-4-2-1-3-5-11)14(19)12-10-16-8-6-13(12)18/h6,8,10-11H,1-5,7,9H2,(H,16,18). The summed E-state index contributed by atoms with van der Waals surface area (Å²) < 4.78 is 0. The summed E-state index contributed by atoms with van der Waals surface area (Å²) in [5.74, 6) is -0.145. The molecule has 1 aliphatic rings. The van der Waals surface area contributed by atoms with Gasteiger partial charge in [0.25, 0.3) is 5.91 Å². The van der Waals surface area contributed by atoms with E-state index in [1.54, 1.807) is 6.20 Å². The van der Waals surface area contributed by atoms with Crippen molar-refractivity contribution in [2.75, 3.05) is 11.9 Å². The van der Waals surface area contributed by atoms with E-state index in [4.69, 9.17) is 0 Å².